The van der Waals surface area contributed by atoms with Crippen LogP contribution in [0.2, 0.25) is 0 Å². The highest BCUT2D eigenvalue weighted by molar-refractivity contribution is 5.62. The molecule has 0 aliphatic heterocycles. The van der Waals surface area contributed by atoms with Gasteiger partial charge in [-0.05, 0) is 24.3 Å². The SMILES string of the molecule is c1ccc(N(CC[n+]2ccccc2)c2ccccc2)cc1. The quantitative estimate of drug-likeness (QED) is 0.642. The molecule has 0 atom stereocenters. The Morgan fingerprint density at radius 2 is 1.10 bits per heavy atom. The fraction of sp³-hybridized carbons (Fsp3) is 0.105. The monoisotopic (exact) mass is 275 g/mol. The Balaban J connectivity index is 1.83. The van der Waals surface area contributed by atoms with E-state index in [-0.39, 0.29) is 0 Å². The molecule has 1 aromatic heterocycles. The van der Waals surface area contributed by atoms with Crippen LogP contribution in [0.4, 0.5) is 11.4 Å². The molecule has 104 valence electrons. The summed E-state index contributed by atoms with van der Waals surface area (Å²) in [6.07, 6.45) is 4.21. The fourth-order valence-corrected chi connectivity index (χ4v) is 2.42. The van der Waals surface area contributed by atoms with Gasteiger partial charge in [-0.3, -0.25) is 0 Å². The molecule has 0 aliphatic rings. The maximum atomic E-state index is 2.35. The largest absolute Gasteiger partial charge is 0.335 e. The van der Waals surface area contributed by atoms with Crippen LogP contribution in [0.25, 0.3) is 0 Å². The van der Waals surface area contributed by atoms with Crippen LogP contribution in [-0.4, -0.2) is 6.54 Å². The Hall–Kier alpha value is -2.61. The van der Waals surface area contributed by atoms with Gasteiger partial charge >= 0.3 is 0 Å². The molecule has 0 aliphatic carbocycles. The minimum absolute atomic E-state index is 0.933. The van der Waals surface area contributed by atoms with Crippen LogP contribution < -0.4 is 9.47 Å². The van der Waals surface area contributed by atoms with E-state index >= 15 is 0 Å². The topological polar surface area (TPSA) is 7.12 Å². The molecule has 3 rings (SSSR count). The number of hydrogen-bond acceptors (Lipinski definition) is 1. The van der Waals surface area contributed by atoms with Gasteiger partial charge in [0.1, 0.15) is 0 Å². The van der Waals surface area contributed by atoms with Crippen molar-refractivity contribution in [2.24, 2.45) is 0 Å². The van der Waals surface area contributed by atoms with Crippen LogP contribution in [-0.2, 0) is 6.54 Å². The number of para-hydroxylation sites is 2. The van der Waals surface area contributed by atoms with Gasteiger partial charge in [0.15, 0.2) is 18.9 Å². The Morgan fingerprint density at radius 1 is 0.619 bits per heavy atom. The molecule has 2 nitrogen and oxygen atoms in total. The van der Waals surface area contributed by atoms with E-state index in [9.17, 15) is 0 Å². The van der Waals surface area contributed by atoms with Crippen molar-refractivity contribution in [2.45, 2.75) is 6.54 Å². The highest BCUT2D eigenvalue weighted by Gasteiger charge is 2.10. The zero-order valence-electron chi connectivity index (χ0n) is 12.0. The zero-order valence-corrected chi connectivity index (χ0v) is 12.0. The predicted octanol–water partition coefficient (Wildman–Crippen LogP) is 3.81. The lowest BCUT2D eigenvalue weighted by Crippen LogP contribution is -2.38. The Bertz CT molecular complexity index is 611. The number of aromatic nitrogens is 1. The van der Waals surface area contributed by atoms with Crippen molar-refractivity contribution in [3.8, 4) is 0 Å². The lowest BCUT2D eigenvalue weighted by atomic mass is 10.2. The molecule has 0 amide bonds. The highest BCUT2D eigenvalue weighted by atomic mass is 15.2. The van der Waals surface area contributed by atoms with Crippen LogP contribution >= 0.6 is 0 Å². The van der Waals surface area contributed by atoms with Crippen LogP contribution in [0.5, 0.6) is 0 Å². The standard InChI is InChI=1S/C19H19N2/c1-4-10-18(11-5-1)21(19-12-6-2-7-13-19)17-16-20-14-8-3-9-15-20/h1-15H,16-17H2/q+1. The van der Waals surface area contributed by atoms with Crippen LogP contribution in [0.15, 0.2) is 91.3 Å². The van der Waals surface area contributed by atoms with Crippen LogP contribution in [0, 0.1) is 0 Å². The molecule has 1 heterocycles. The third-order valence-electron chi connectivity index (χ3n) is 3.49. The summed E-state index contributed by atoms with van der Waals surface area (Å²) in [7, 11) is 0. The van der Waals surface area contributed by atoms with Crippen molar-refractivity contribution < 1.29 is 4.57 Å². The lowest BCUT2D eigenvalue weighted by Gasteiger charge is -2.23. The molecule has 0 spiro atoms. The maximum absolute atomic E-state index is 2.35. The van der Waals surface area contributed by atoms with Crippen molar-refractivity contribution in [1.82, 2.24) is 0 Å². The number of hydrogen-bond donors (Lipinski definition) is 0. The van der Waals surface area contributed by atoms with Crippen LogP contribution in [0.1, 0.15) is 0 Å². The van der Waals surface area contributed by atoms with Gasteiger partial charge in [0.25, 0.3) is 0 Å². The number of pyridine rings is 1. The molecule has 0 saturated carbocycles. The first-order chi connectivity index (χ1) is 10.4. The van der Waals surface area contributed by atoms with Crippen molar-refractivity contribution in [2.75, 3.05) is 11.4 Å². The normalized spacial score (nSPS) is 10.3. The maximum Gasteiger partial charge on any atom is 0.168 e. The lowest BCUT2D eigenvalue weighted by molar-refractivity contribution is -0.694. The second-order valence-corrected chi connectivity index (χ2v) is 4.94. The van der Waals surface area contributed by atoms with Gasteiger partial charge in [-0.15, -0.1) is 0 Å². The molecule has 0 N–H and O–H groups in total. The van der Waals surface area contributed by atoms with Gasteiger partial charge < -0.3 is 4.90 Å². The van der Waals surface area contributed by atoms with E-state index in [1.165, 1.54) is 11.4 Å². The van der Waals surface area contributed by atoms with Gasteiger partial charge in [-0.2, -0.15) is 0 Å². The first kappa shape index (κ1) is 13.4. The van der Waals surface area contributed by atoms with E-state index in [0.29, 0.717) is 0 Å². The minimum Gasteiger partial charge on any atom is -0.335 e. The molecule has 0 saturated heterocycles. The molecule has 0 unspecified atom stereocenters. The summed E-state index contributed by atoms with van der Waals surface area (Å²) in [5.74, 6) is 0. The van der Waals surface area contributed by atoms with E-state index in [2.05, 4.69) is 94.7 Å². The average molecular weight is 275 g/mol. The van der Waals surface area contributed by atoms with E-state index < -0.39 is 0 Å². The molecule has 21 heavy (non-hydrogen) atoms. The molecule has 0 radical (unpaired) electrons. The van der Waals surface area contributed by atoms with Gasteiger partial charge in [-0.1, -0.05) is 42.5 Å². The second-order valence-electron chi connectivity index (χ2n) is 4.94. The average Bonchev–Trinajstić information content (AvgIpc) is 2.58. The third-order valence-corrected chi connectivity index (χ3v) is 3.49. The van der Waals surface area contributed by atoms with E-state index in [1.807, 2.05) is 6.07 Å². The van der Waals surface area contributed by atoms with Gasteiger partial charge in [0.2, 0.25) is 0 Å². The summed E-state index contributed by atoms with van der Waals surface area (Å²) in [4.78, 5) is 2.35. The van der Waals surface area contributed by atoms with Crippen LogP contribution in [0.3, 0.4) is 0 Å². The van der Waals surface area contributed by atoms with Crippen molar-refractivity contribution >= 4 is 11.4 Å². The Labute approximate surface area is 125 Å². The number of rotatable bonds is 5. The molecule has 3 aromatic rings. The summed E-state index contributed by atoms with van der Waals surface area (Å²) in [5, 5.41) is 0. The fourth-order valence-electron chi connectivity index (χ4n) is 2.42. The zero-order chi connectivity index (χ0) is 14.3. The molecule has 2 heteroatoms. The molecule has 0 bridgehead atoms. The van der Waals surface area contributed by atoms with E-state index in [1.54, 1.807) is 0 Å². The van der Waals surface area contributed by atoms with Gasteiger partial charge in [0, 0.05) is 23.5 Å². The summed E-state index contributed by atoms with van der Waals surface area (Å²) in [6, 6.07) is 27.2. The number of benzene rings is 2. The second kappa shape index (κ2) is 6.71. The summed E-state index contributed by atoms with van der Waals surface area (Å²) >= 11 is 0. The molecular formula is C19H19N2+. The van der Waals surface area contributed by atoms with E-state index in [0.717, 1.165) is 13.1 Å². The smallest absolute Gasteiger partial charge is 0.168 e. The molecule has 0 fully saturated rings. The Kier molecular flexibility index (Phi) is 4.27. The minimum atomic E-state index is 0.933. The van der Waals surface area contributed by atoms with Gasteiger partial charge in [0.05, 0.1) is 6.54 Å². The predicted molar refractivity (Wildman–Crippen MR) is 86.5 cm³/mol. The number of nitrogens with zero attached hydrogens (tertiary/aromatic N) is 2. The molecular weight excluding hydrogens is 256 g/mol. The highest BCUT2D eigenvalue weighted by Crippen LogP contribution is 2.24. The van der Waals surface area contributed by atoms with Crippen molar-refractivity contribution in [3.63, 3.8) is 0 Å². The van der Waals surface area contributed by atoms with Crippen molar-refractivity contribution in [3.05, 3.63) is 91.3 Å². The Morgan fingerprint density at radius 3 is 1.62 bits per heavy atom. The summed E-state index contributed by atoms with van der Waals surface area (Å²) in [5.41, 5.74) is 2.44. The summed E-state index contributed by atoms with van der Waals surface area (Å²) in [6.45, 7) is 1.88. The van der Waals surface area contributed by atoms with Gasteiger partial charge in [-0.25, -0.2) is 4.57 Å². The number of anilines is 2. The summed E-state index contributed by atoms with van der Waals surface area (Å²) < 4.78 is 2.21. The molecule has 2 aromatic carbocycles. The third kappa shape index (κ3) is 3.48. The first-order valence-corrected chi connectivity index (χ1v) is 7.25. The first-order valence-electron chi connectivity index (χ1n) is 7.25. The van der Waals surface area contributed by atoms with Crippen molar-refractivity contribution in [1.29, 1.82) is 0 Å². The van der Waals surface area contributed by atoms with E-state index in [4.69, 9.17) is 0 Å².